The molecule has 0 amide bonds. The maximum atomic E-state index is 14.6. The molecule has 0 N–H and O–H groups in total. The molecule has 1 aliphatic heterocycles. The summed E-state index contributed by atoms with van der Waals surface area (Å²) in [6, 6.07) is 27.8. The third-order valence-electron chi connectivity index (χ3n) is 5.00. The van der Waals surface area contributed by atoms with Crippen LogP contribution < -0.4 is 9.97 Å². The molecule has 0 spiro atoms. The van der Waals surface area contributed by atoms with Crippen LogP contribution in [-0.4, -0.2) is 6.61 Å². The van der Waals surface area contributed by atoms with Crippen LogP contribution in [0.4, 0.5) is 5.69 Å². The van der Waals surface area contributed by atoms with Gasteiger partial charge < -0.3 is 4.52 Å². The van der Waals surface area contributed by atoms with Gasteiger partial charge in [0, 0.05) is 5.69 Å². The molecule has 1 heterocycles. The molecule has 3 aromatic carbocycles. The van der Waals surface area contributed by atoms with Gasteiger partial charge in [0.2, 0.25) is 0 Å². The minimum atomic E-state index is -3.38. The molecule has 4 rings (SSSR count). The Morgan fingerprint density at radius 2 is 1.55 bits per heavy atom. The Morgan fingerprint density at radius 3 is 2.21 bits per heavy atom. The van der Waals surface area contributed by atoms with Crippen LogP contribution in [0, 0.1) is 0 Å². The van der Waals surface area contributed by atoms with Crippen molar-refractivity contribution in [1.29, 1.82) is 0 Å². The molecule has 0 saturated heterocycles. The first-order chi connectivity index (χ1) is 14.2. The molecule has 1 aliphatic rings. The molecule has 0 fully saturated rings. The van der Waals surface area contributed by atoms with Gasteiger partial charge in [-0.25, -0.2) is 0 Å². The molecule has 3 nitrogen and oxygen atoms in total. The lowest BCUT2D eigenvalue weighted by molar-refractivity contribution is 0.340. The molecule has 3 aromatic rings. The van der Waals surface area contributed by atoms with Crippen LogP contribution >= 0.6 is 7.52 Å². The Balaban J connectivity index is 2.12. The number of allylic oxidation sites excluding steroid dienone is 2. The summed E-state index contributed by atoms with van der Waals surface area (Å²) in [6.45, 7) is 6.21. The van der Waals surface area contributed by atoms with E-state index in [9.17, 15) is 4.57 Å². The highest BCUT2D eigenvalue weighted by molar-refractivity contribution is 7.69. The Morgan fingerprint density at radius 1 is 0.931 bits per heavy atom. The highest BCUT2D eigenvalue weighted by Crippen LogP contribution is 2.61. The summed E-state index contributed by atoms with van der Waals surface area (Å²) >= 11 is 0. The number of hydrogen-bond donors (Lipinski definition) is 0. The van der Waals surface area contributed by atoms with Gasteiger partial charge in [-0.2, -0.15) is 0 Å². The van der Waals surface area contributed by atoms with Gasteiger partial charge in [-0.3, -0.25) is 9.24 Å². The summed E-state index contributed by atoms with van der Waals surface area (Å²) in [5, 5.41) is 0.738. The lowest BCUT2D eigenvalue weighted by Gasteiger charge is -2.40. The monoisotopic (exact) mass is 401 g/mol. The SMILES string of the molecule is C=CCC1=C(c2ccccc2)N(c2ccccc2)P(=O)(OCC)c2ccccc21. The normalized spacial score (nSPS) is 18.4. The van der Waals surface area contributed by atoms with Crippen molar-refractivity contribution in [3.63, 3.8) is 0 Å². The lowest BCUT2D eigenvalue weighted by atomic mass is 9.96. The average Bonchev–Trinajstić information content (AvgIpc) is 2.77. The van der Waals surface area contributed by atoms with Crippen molar-refractivity contribution in [1.82, 2.24) is 0 Å². The number of hydrogen-bond acceptors (Lipinski definition) is 2. The highest BCUT2D eigenvalue weighted by Gasteiger charge is 2.43. The van der Waals surface area contributed by atoms with Crippen LogP contribution in [0.3, 0.4) is 0 Å². The van der Waals surface area contributed by atoms with Crippen molar-refractivity contribution < 1.29 is 9.09 Å². The zero-order chi connectivity index (χ0) is 20.3. The van der Waals surface area contributed by atoms with E-state index in [-0.39, 0.29) is 0 Å². The van der Waals surface area contributed by atoms with Gasteiger partial charge in [0.15, 0.2) is 0 Å². The van der Waals surface area contributed by atoms with Crippen LogP contribution in [0.2, 0.25) is 0 Å². The molecule has 0 bridgehead atoms. The van der Waals surface area contributed by atoms with Crippen LogP contribution in [0.15, 0.2) is 97.6 Å². The second-order valence-corrected chi connectivity index (χ2v) is 8.97. The molecular formula is C25H24NO2P. The van der Waals surface area contributed by atoms with Gasteiger partial charge in [0.1, 0.15) is 0 Å². The van der Waals surface area contributed by atoms with Crippen molar-refractivity contribution in [3.05, 3.63) is 109 Å². The number of fused-ring (bicyclic) bond motifs is 1. The summed E-state index contributed by atoms with van der Waals surface area (Å²) in [5.41, 5.74) is 4.82. The average molecular weight is 401 g/mol. The van der Waals surface area contributed by atoms with Crippen molar-refractivity contribution in [3.8, 4) is 0 Å². The number of rotatable bonds is 6. The largest absolute Gasteiger partial charge is 0.331 e. The third-order valence-corrected chi connectivity index (χ3v) is 7.56. The van der Waals surface area contributed by atoms with Gasteiger partial charge in [0.05, 0.1) is 17.6 Å². The molecule has 1 unspecified atom stereocenters. The molecule has 0 radical (unpaired) electrons. The molecule has 29 heavy (non-hydrogen) atoms. The number of benzene rings is 3. The van der Waals surface area contributed by atoms with Crippen LogP contribution in [-0.2, 0) is 9.09 Å². The molecule has 4 heteroatoms. The van der Waals surface area contributed by atoms with Crippen LogP contribution in [0.1, 0.15) is 24.5 Å². The standard InChI is InChI=1S/C25H24NO2P/c1-3-13-23-22-18-11-12-19-24(22)29(27,28-4-2)26(21-16-9-6-10-17-21)25(23)20-14-7-5-8-15-20/h3,5-12,14-19H,1,4,13H2,2H3. The summed E-state index contributed by atoms with van der Waals surface area (Å²) < 4.78 is 22.5. The topological polar surface area (TPSA) is 29.5 Å². The molecule has 0 aromatic heterocycles. The fourth-order valence-corrected chi connectivity index (χ4v) is 6.41. The zero-order valence-electron chi connectivity index (χ0n) is 16.5. The van der Waals surface area contributed by atoms with E-state index in [1.165, 1.54) is 0 Å². The maximum absolute atomic E-state index is 14.6. The fraction of sp³-hybridized carbons (Fsp3) is 0.120. The van der Waals surface area contributed by atoms with Crippen molar-refractivity contribution >= 4 is 29.8 Å². The molecular weight excluding hydrogens is 377 g/mol. The van der Waals surface area contributed by atoms with Crippen molar-refractivity contribution in [2.45, 2.75) is 13.3 Å². The van der Waals surface area contributed by atoms with Gasteiger partial charge in [-0.15, -0.1) is 6.58 Å². The van der Waals surface area contributed by atoms with E-state index in [0.29, 0.717) is 13.0 Å². The fourth-order valence-electron chi connectivity index (χ4n) is 3.87. The number of nitrogens with zero attached hydrogens (tertiary/aromatic N) is 1. The van der Waals surface area contributed by atoms with Gasteiger partial charge in [0.25, 0.3) is 0 Å². The summed E-state index contributed by atoms with van der Waals surface area (Å²) in [4.78, 5) is 0. The quantitative estimate of drug-likeness (QED) is 0.348. The first kappa shape index (κ1) is 19.4. The first-order valence-electron chi connectivity index (χ1n) is 9.80. The maximum Gasteiger partial charge on any atom is 0.331 e. The van der Waals surface area contributed by atoms with Crippen LogP contribution in [0.25, 0.3) is 11.3 Å². The van der Waals surface area contributed by atoms with E-state index in [2.05, 4.69) is 18.7 Å². The Bertz CT molecular complexity index is 1090. The smallest absolute Gasteiger partial charge is 0.310 e. The first-order valence-corrected chi connectivity index (χ1v) is 11.4. The predicted molar refractivity (Wildman–Crippen MR) is 122 cm³/mol. The lowest BCUT2D eigenvalue weighted by Crippen LogP contribution is -2.33. The minimum absolute atomic E-state index is 0.355. The Labute approximate surface area is 172 Å². The molecule has 0 aliphatic carbocycles. The third kappa shape index (κ3) is 3.37. The van der Waals surface area contributed by atoms with E-state index in [4.69, 9.17) is 4.52 Å². The van der Waals surface area contributed by atoms with Gasteiger partial charge in [-0.1, -0.05) is 72.8 Å². The predicted octanol–water partition coefficient (Wildman–Crippen LogP) is 6.51. The van der Waals surface area contributed by atoms with E-state index in [1.807, 2.05) is 90.5 Å². The van der Waals surface area contributed by atoms with E-state index in [0.717, 1.165) is 33.4 Å². The second kappa shape index (κ2) is 8.24. The van der Waals surface area contributed by atoms with Gasteiger partial charge in [-0.05, 0) is 48.2 Å². The van der Waals surface area contributed by atoms with Gasteiger partial charge >= 0.3 is 7.52 Å². The minimum Gasteiger partial charge on any atom is -0.310 e. The second-order valence-electron chi connectivity index (χ2n) is 6.79. The number of para-hydroxylation sites is 1. The Hall–Kier alpha value is -2.87. The van der Waals surface area contributed by atoms with Crippen molar-refractivity contribution in [2.24, 2.45) is 0 Å². The molecule has 1 atom stereocenters. The number of anilines is 1. The molecule has 0 saturated carbocycles. The Kier molecular flexibility index (Phi) is 5.53. The van der Waals surface area contributed by atoms with E-state index in [1.54, 1.807) is 0 Å². The zero-order valence-corrected chi connectivity index (χ0v) is 17.4. The highest BCUT2D eigenvalue weighted by atomic mass is 31.2. The van der Waals surface area contributed by atoms with Crippen LogP contribution in [0.5, 0.6) is 0 Å². The summed E-state index contributed by atoms with van der Waals surface area (Å²) in [5.74, 6) is 0. The summed E-state index contributed by atoms with van der Waals surface area (Å²) in [7, 11) is -3.38. The van der Waals surface area contributed by atoms with Crippen molar-refractivity contribution in [2.75, 3.05) is 11.3 Å². The molecule has 146 valence electrons. The van der Waals surface area contributed by atoms with E-state index < -0.39 is 7.52 Å². The summed E-state index contributed by atoms with van der Waals surface area (Å²) in [6.07, 6.45) is 2.56. The van der Waals surface area contributed by atoms with E-state index >= 15 is 0 Å².